The van der Waals surface area contributed by atoms with E-state index < -0.39 is 0 Å². The third-order valence-electron chi connectivity index (χ3n) is 4.37. The predicted molar refractivity (Wildman–Crippen MR) is 110 cm³/mol. The molecule has 0 radical (unpaired) electrons. The number of hydrogen-bond acceptors (Lipinski definition) is 2. The van der Waals surface area contributed by atoms with Crippen molar-refractivity contribution >= 4 is 23.2 Å². The molecule has 0 saturated heterocycles. The van der Waals surface area contributed by atoms with Gasteiger partial charge in [-0.25, -0.2) is 0 Å². The molecule has 3 rings (SSSR count). The highest BCUT2D eigenvalue weighted by Gasteiger charge is 2.17. The molecule has 1 aromatic heterocycles. The lowest BCUT2D eigenvalue weighted by Gasteiger charge is -2.22. The number of carbonyl (C=O) groups excluding carboxylic acids is 1. The van der Waals surface area contributed by atoms with E-state index in [4.69, 9.17) is 11.6 Å². The van der Waals surface area contributed by atoms with Gasteiger partial charge < -0.3 is 9.47 Å². The minimum absolute atomic E-state index is 0.132. The molecular formula is C22H21ClN2O2. The quantitative estimate of drug-likeness (QED) is 0.652. The van der Waals surface area contributed by atoms with E-state index in [-0.39, 0.29) is 11.5 Å². The van der Waals surface area contributed by atoms with Crippen LogP contribution in [0.15, 0.2) is 71.7 Å². The number of anilines is 1. The summed E-state index contributed by atoms with van der Waals surface area (Å²) in [6.07, 6.45) is 1.62. The van der Waals surface area contributed by atoms with E-state index in [0.717, 1.165) is 16.8 Å². The van der Waals surface area contributed by atoms with Crippen LogP contribution < -0.4 is 10.5 Å². The van der Waals surface area contributed by atoms with Crippen molar-refractivity contribution in [3.8, 4) is 0 Å². The van der Waals surface area contributed by atoms with Crippen molar-refractivity contribution in [3.05, 3.63) is 98.9 Å². The van der Waals surface area contributed by atoms with E-state index >= 15 is 0 Å². The molecule has 0 spiro atoms. The lowest BCUT2D eigenvalue weighted by Crippen LogP contribution is -2.32. The standard InChI is InChI=1S/C22H21ClN2O2/c1-3-25(20-6-4-5-16(2)13-20)22(27)18-9-12-21(26)24(15-18)14-17-7-10-19(23)11-8-17/h4-13,15H,3,14H2,1-2H3. The van der Waals surface area contributed by atoms with Gasteiger partial charge in [0, 0.05) is 29.5 Å². The molecule has 0 saturated carbocycles. The summed E-state index contributed by atoms with van der Waals surface area (Å²) in [5.74, 6) is -0.132. The fourth-order valence-corrected chi connectivity index (χ4v) is 3.09. The molecule has 2 aromatic carbocycles. The Morgan fingerprint density at radius 1 is 1.07 bits per heavy atom. The SMILES string of the molecule is CCN(C(=O)c1ccc(=O)n(Cc2ccc(Cl)cc2)c1)c1cccc(C)c1. The summed E-state index contributed by atoms with van der Waals surface area (Å²) < 4.78 is 1.54. The van der Waals surface area contributed by atoms with Crippen LogP contribution in [0.3, 0.4) is 0 Å². The topological polar surface area (TPSA) is 42.3 Å². The smallest absolute Gasteiger partial charge is 0.259 e. The van der Waals surface area contributed by atoms with Crippen molar-refractivity contribution in [1.82, 2.24) is 4.57 Å². The van der Waals surface area contributed by atoms with Gasteiger partial charge in [0.2, 0.25) is 0 Å². The summed E-state index contributed by atoms with van der Waals surface area (Å²) >= 11 is 5.91. The Bertz CT molecular complexity index is 1010. The van der Waals surface area contributed by atoms with Crippen LogP contribution in [0.5, 0.6) is 0 Å². The lowest BCUT2D eigenvalue weighted by atomic mass is 10.1. The summed E-state index contributed by atoms with van der Waals surface area (Å²) in [6.45, 7) is 4.85. The molecule has 27 heavy (non-hydrogen) atoms. The first kappa shape index (κ1) is 18.9. The van der Waals surface area contributed by atoms with Crippen LogP contribution in [0, 0.1) is 6.92 Å². The molecule has 4 nitrogen and oxygen atoms in total. The first-order valence-electron chi connectivity index (χ1n) is 8.81. The number of aryl methyl sites for hydroxylation is 1. The van der Waals surface area contributed by atoms with Crippen LogP contribution in [0.2, 0.25) is 5.02 Å². The predicted octanol–water partition coefficient (Wildman–Crippen LogP) is 4.53. The van der Waals surface area contributed by atoms with Gasteiger partial charge in [-0.15, -0.1) is 0 Å². The van der Waals surface area contributed by atoms with Gasteiger partial charge in [0.1, 0.15) is 0 Å². The molecule has 138 valence electrons. The Hall–Kier alpha value is -2.85. The second-order valence-corrected chi connectivity index (χ2v) is 6.84. The third-order valence-corrected chi connectivity index (χ3v) is 4.62. The molecule has 0 atom stereocenters. The fraction of sp³-hybridized carbons (Fsp3) is 0.182. The molecule has 0 aliphatic heterocycles. The number of hydrogen-bond donors (Lipinski definition) is 0. The van der Waals surface area contributed by atoms with E-state index in [0.29, 0.717) is 23.7 Å². The van der Waals surface area contributed by atoms with E-state index in [9.17, 15) is 9.59 Å². The normalized spacial score (nSPS) is 10.6. The Balaban J connectivity index is 1.90. The van der Waals surface area contributed by atoms with Crippen molar-refractivity contribution in [3.63, 3.8) is 0 Å². The monoisotopic (exact) mass is 380 g/mol. The molecular weight excluding hydrogens is 360 g/mol. The van der Waals surface area contributed by atoms with E-state index in [2.05, 4.69) is 0 Å². The number of rotatable bonds is 5. The number of carbonyl (C=O) groups is 1. The van der Waals surface area contributed by atoms with Crippen LogP contribution >= 0.6 is 11.6 Å². The van der Waals surface area contributed by atoms with Gasteiger partial charge in [0.25, 0.3) is 11.5 Å². The first-order valence-corrected chi connectivity index (χ1v) is 9.19. The zero-order valence-corrected chi connectivity index (χ0v) is 16.1. The second kappa shape index (κ2) is 8.23. The maximum atomic E-state index is 13.0. The number of nitrogens with zero attached hydrogens (tertiary/aromatic N) is 2. The molecule has 0 N–H and O–H groups in total. The summed E-state index contributed by atoms with van der Waals surface area (Å²) in [5.41, 5.74) is 3.20. The second-order valence-electron chi connectivity index (χ2n) is 6.40. The minimum Gasteiger partial charge on any atom is -0.310 e. The summed E-state index contributed by atoms with van der Waals surface area (Å²) in [6, 6.07) is 18.2. The summed E-state index contributed by atoms with van der Waals surface area (Å²) in [5, 5.41) is 0.645. The molecule has 0 unspecified atom stereocenters. The van der Waals surface area contributed by atoms with Crippen molar-refractivity contribution in [2.45, 2.75) is 20.4 Å². The van der Waals surface area contributed by atoms with Crippen molar-refractivity contribution in [2.75, 3.05) is 11.4 Å². The number of pyridine rings is 1. The van der Waals surface area contributed by atoms with Crippen molar-refractivity contribution in [1.29, 1.82) is 0 Å². The zero-order valence-electron chi connectivity index (χ0n) is 15.4. The number of benzene rings is 2. The summed E-state index contributed by atoms with van der Waals surface area (Å²) in [4.78, 5) is 27.0. The Morgan fingerprint density at radius 3 is 2.48 bits per heavy atom. The number of halogens is 1. The first-order chi connectivity index (χ1) is 13.0. The fourth-order valence-electron chi connectivity index (χ4n) is 2.96. The number of amides is 1. The molecule has 3 aromatic rings. The molecule has 0 bridgehead atoms. The van der Waals surface area contributed by atoms with E-state index in [1.165, 1.54) is 6.07 Å². The van der Waals surface area contributed by atoms with Gasteiger partial charge in [-0.05, 0) is 55.3 Å². The van der Waals surface area contributed by atoms with Gasteiger partial charge >= 0.3 is 0 Å². The van der Waals surface area contributed by atoms with Crippen molar-refractivity contribution < 1.29 is 4.79 Å². The maximum absolute atomic E-state index is 13.0. The Labute approximate surface area is 163 Å². The number of aromatic nitrogens is 1. The van der Waals surface area contributed by atoms with Gasteiger partial charge in [0.15, 0.2) is 0 Å². The molecule has 1 amide bonds. The molecule has 0 aliphatic carbocycles. The van der Waals surface area contributed by atoms with E-state index in [1.807, 2.05) is 50.2 Å². The molecule has 5 heteroatoms. The lowest BCUT2D eigenvalue weighted by molar-refractivity contribution is 0.0987. The van der Waals surface area contributed by atoms with Crippen molar-refractivity contribution in [2.24, 2.45) is 0 Å². The highest BCUT2D eigenvalue weighted by molar-refractivity contribution is 6.30. The van der Waals surface area contributed by atoms with E-state index in [1.54, 1.807) is 33.9 Å². The van der Waals surface area contributed by atoms with Crippen LogP contribution in [0.1, 0.15) is 28.4 Å². The summed E-state index contributed by atoms with van der Waals surface area (Å²) in [7, 11) is 0. The molecule has 1 heterocycles. The Kier molecular flexibility index (Phi) is 5.77. The van der Waals surface area contributed by atoms with Gasteiger partial charge in [-0.2, -0.15) is 0 Å². The highest BCUT2D eigenvalue weighted by atomic mass is 35.5. The molecule has 0 aliphatic rings. The van der Waals surface area contributed by atoms with Crippen LogP contribution in [0.4, 0.5) is 5.69 Å². The average Bonchev–Trinajstić information content (AvgIpc) is 2.66. The Morgan fingerprint density at radius 2 is 1.81 bits per heavy atom. The van der Waals surface area contributed by atoms with Gasteiger partial charge in [0.05, 0.1) is 12.1 Å². The zero-order chi connectivity index (χ0) is 19.4. The minimum atomic E-state index is -0.153. The van der Waals surface area contributed by atoms with Crippen LogP contribution in [-0.2, 0) is 6.54 Å². The highest BCUT2D eigenvalue weighted by Crippen LogP contribution is 2.18. The van der Waals surface area contributed by atoms with Crippen LogP contribution in [0.25, 0.3) is 0 Å². The third kappa shape index (κ3) is 4.47. The largest absolute Gasteiger partial charge is 0.310 e. The van der Waals surface area contributed by atoms with Gasteiger partial charge in [-0.1, -0.05) is 35.9 Å². The maximum Gasteiger partial charge on any atom is 0.259 e. The van der Waals surface area contributed by atoms with Gasteiger partial charge in [-0.3, -0.25) is 9.59 Å². The average molecular weight is 381 g/mol. The van der Waals surface area contributed by atoms with Crippen LogP contribution in [-0.4, -0.2) is 17.0 Å². The molecule has 0 fully saturated rings.